The summed E-state index contributed by atoms with van der Waals surface area (Å²) in [4.78, 5) is 28.8. The van der Waals surface area contributed by atoms with Crippen molar-refractivity contribution in [2.75, 3.05) is 18.6 Å². The van der Waals surface area contributed by atoms with Gasteiger partial charge >= 0.3 is 0 Å². The Bertz CT molecular complexity index is 764. The van der Waals surface area contributed by atoms with Crippen LogP contribution in [0.3, 0.4) is 0 Å². The SMILES string of the molecule is COc1ccc(N(CC(=O)NC2CCCC2)C(=O)c2ccc(C)s2)cc1. The second-order valence-corrected chi connectivity index (χ2v) is 7.84. The van der Waals surface area contributed by atoms with Gasteiger partial charge in [-0.2, -0.15) is 0 Å². The lowest BCUT2D eigenvalue weighted by Crippen LogP contribution is -2.43. The average Bonchev–Trinajstić information content (AvgIpc) is 3.31. The van der Waals surface area contributed by atoms with E-state index in [1.165, 1.54) is 16.2 Å². The zero-order chi connectivity index (χ0) is 18.5. The molecule has 2 amide bonds. The number of nitrogens with zero attached hydrogens (tertiary/aromatic N) is 1. The van der Waals surface area contributed by atoms with Crippen LogP contribution in [0.15, 0.2) is 36.4 Å². The molecule has 2 aromatic rings. The molecule has 138 valence electrons. The van der Waals surface area contributed by atoms with Gasteiger partial charge in [-0.25, -0.2) is 0 Å². The number of anilines is 1. The van der Waals surface area contributed by atoms with E-state index in [0.717, 1.165) is 30.6 Å². The van der Waals surface area contributed by atoms with Gasteiger partial charge in [-0.05, 0) is 56.2 Å². The molecule has 0 spiro atoms. The highest BCUT2D eigenvalue weighted by Crippen LogP contribution is 2.24. The maximum Gasteiger partial charge on any atom is 0.268 e. The lowest BCUT2D eigenvalue weighted by Gasteiger charge is -2.23. The van der Waals surface area contributed by atoms with Gasteiger partial charge in [0.1, 0.15) is 12.3 Å². The number of benzene rings is 1. The van der Waals surface area contributed by atoms with Gasteiger partial charge in [0.2, 0.25) is 5.91 Å². The van der Waals surface area contributed by atoms with Crippen molar-refractivity contribution in [2.45, 2.75) is 38.6 Å². The van der Waals surface area contributed by atoms with E-state index in [-0.39, 0.29) is 24.4 Å². The first-order chi connectivity index (χ1) is 12.6. The minimum absolute atomic E-state index is 0.0125. The topological polar surface area (TPSA) is 58.6 Å². The zero-order valence-corrected chi connectivity index (χ0v) is 16.0. The molecular formula is C20H24N2O3S. The number of rotatable bonds is 6. The van der Waals surface area contributed by atoms with Crippen molar-refractivity contribution in [3.8, 4) is 5.75 Å². The number of carbonyl (C=O) groups excluding carboxylic acids is 2. The van der Waals surface area contributed by atoms with Crippen LogP contribution in [0.25, 0.3) is 0 Å². The molecule has 1 heterocycles. The molecule has 1 aliphatic rings. The van der Waals surface area contributed by atoms with Crippen LogP contribution in [0, 0.1) is 6.92 Å². The van der Waals surface area contributed by atoms with E-state index in [0.29, 0.717) is 16.3 Å². The van der Waals surface area contributed by atoms with E-state index in [1.807, 2.05) is 19.1 Å². The van der Waals surface area contributed by atoms with Gasteiger partial charge in [0, 0.05) is 16.6 Å². The Morgan fingerprint density at radius 1 is 1.15 bits per heavy atom. The van der Waals surface area contributed by atoms with Crippen LogP contribution in [0.2, 0.25) is 0 Å². The van der Waals surface area contributed by atoms with Crippen molar-refractivity contribution in [2.24, 2.45) is 0 Å². The molecule has 1 aliphatic carbocycles. The van der Waals surface area contributed by atoms with Crippen molar-refractivity contribution in [3.63, 3.8) is 0 Å². The molecule has 0 saturated heterocycles. The van der Waals surface area contributed by atoms with Gasteiger partial charge < -0.3 is 10.1 Å². The number of methoxy groups -OCH3 is 1. The molecule has 0 atom stereocenters. The molecular weight excluding hydrogens is 348 g/mol. The molecule has 0 bridgehead atoms. The number of aryl methyl sites for hydroxylation is 1. The minimum atomic E-state index is -0.158. The fraction of sp³-hybridized carbons (Fsp3) is 0.400. The quantitative estimate of drug-likeness (QED) is 0.840. The summed E-state index contributed by atoms with van der Waals surface area (Å²) < 4.78 is 5.19. The highest BCUT2D eigenvalue weighted by atomic mass is 32.1. The summed E-state index contributed by atoms with van der Waals surface area (Å²) in [6.07, 6.45) is 4.35. The van der Waals surface area contributed by atoms with Crippen molar-refractivity contribution in [1.29, 1.82) is 0 Å². The van der Waals surface area contributed by atoms with E-state index in [2.05, 4.69) is 5.32 Å². The number of hydrogen-bond donors (Lipinski definition) is 1. The van der Waals surface area contributed by atoms with Crippen molar-refractivity contribution in [3.05, 3.63) is 46.2 Å². The second kappa shape index (κ2) is 8.36. The molecule has 26 heavy (non-hydrogen) atoms. The van der Waals surface area contributed by atoms with Crippen molar-refractivity contribution in [1.82, 2.24) is 5.32 Å². The highest BCUT2D eigenvalue weighted by Gasteiger charge is 2.24. The monoisotopic (exact) mass is 372 g/mol. The van der Waals surface area contributed by atoms with Gasteiger partial charge in [-0.3, -0.25) is 14.5 Å². The first kappa shape index (κ1) is 18.5. The van der Waals surface area contributed by atoms with Crippen LogP contribution in [0.5, 0.6) is 5.75 Å². The van der Waals surface area contributed by atoms with Gasteiger partial charge in [0.05, 0.1) is 12.0 Å². The molecule has 1 N–H and O–H groups in total. The molecule has 0 unspecified atom stereocenters. The summed E-state index contributed by atoms with van der Waals surface area (Å²) in [5.41, 5.74) is 0.684. The normalized spacial score (nSPS) is 14.2. The van der Waals surface area contributed by atoms with Crippen molar-refractivity contribution < 1.29 is 14.3 Å². The summed E-state index contributed by atoms with van der Waals surface area (Å²) >= 11 is 1.44. The first-order valence-corrected chi connectivity index (χ1v) is 9.70. The standard InChI is InChI=1S/C20H24N2O3S/c1-14-7-12-18(26-14)20(24)22(16-8-10-17(25-2)11-9-16)13-19(23)21-15-5-3-4-6-15/h7-12,15H,3-6,13H2,1-2H3,(H,21,23). The third-order valence-electron chi connectivity index (χ3n) is 4.60. The van der Waals surface area contributed by atoms with Crippen LogP contribution in [0.1, 0.15) is 40.2 Å². The second-order valence-electron chi connectivity index (χ2n) is 6.55. The zero-order valence-electron chi connectivity index (χ0n) is 15.2. The van der Waals surface area contributed by atoms with Gasteiger partial charge in [0.15, 0.2) is 0 Å². The third-order valence-corrected chi connectivity index (χ3v) is 5.59. The fourth-order valence-corrected chi connectivity index (χ4v) is 4.03. The first-order valence-electron chi connectivity index (χ1n) is 8.88. The van der Waals surface area contributed by atoms with E-state index in [4.69, 9.17) is 4.74 Å². The van der Waals surface area contributed by atoms with E-state index in [1.54, 1.807) is 31.4 Å². The van der Waals surface area contributed by atoms with Crippen LogP contribution in [-0.4, -0.2) is 31.5 Å². The molecule has 0 aliphatic heterocycles. The Morgan fingerprint density at radius 2 is 1.85 bits per heavy atom. The Hall–Kier alpha value is -2.34. The number of amides is 2. The molecule has 1 saturated carbocycles. The van der Waals surface area contributed by atoms with Gasteiger partial charge in [0.25, 0.3) is 5.91 Å². The average molecular weight is 372 g/mol. The maximum absolute atomic E-state index is 13.0. The summed E-state index contributed by atoms with van der Waals surface area (Å²) in [5, 5.41) is 3.06. The molecule has 0 radical (unpaired) electrons. The highest BCUT2D eigenvalue weighted by molar-refractivity contribution is 7.14. The predicted molar refractivity (Wildman–Crippen MR) is 104 cm³/mol. The summed E-state index contributed by atoms with van der Waals surface area (Å²) in [5.74, 6) is 0.438. The minimum Gasteiger partial charge on any atom is -0.497 e. The van der Waals surface area contributed by atoms with Gasteiger partial charge in [-0.15, -0.1) is 11.3 Å². The number of hydrogen-bond acceptors (Lipinski definition) is 4. The van der Waals surface area contributed by atoms with E-state index >= 15 is 0 Å². The Balaban J connectivity index is 1.79. The number of nitrogens with one attached hydrogen (secondary N) is 1. The predicted octanol–water partition coefficient (Wildman–Crippen LogP) is 3.77. The number of carbonyl (C=O) groups is 2. The molecule has 1 aromatic heterocycles. The summed E-state index contributed by atoms with van der Waals surface area (Å²) in [7, 11) is 1.60. The Kier molecular flexibility index (Phi) is 5.93. The smallest absolute Gasteiger partial charge is 0.268 e. The lowest BCUT2D eigenvalue weighted by atomic mass is 10.2. The largest absolute Gasteiger partial charge is 0.497 e. The Labute approximate surface area is 158 Å². The van der Waals surface area contributed by atoms with Crippen molar-refractivity contribution >= 4 is 28.8 Å². The number of ether oxygens (including phenoxy) is 1. The van der Waals surface area contributed by atoms with Crippen LogP contribution < -0.4 is 15.0 Å². The lowest BCUT2D eigenvalue weighted by molar-refractivity contribution is -0.120. The maximum atomic E-state index is 13.0. The molecule has 5 nitrogen and oxygen atoms in total. The van der Waals surface area contributed by atoms with E-state index < -0.39 is 0 Å². The molecule has 1 fully saturated rings. The van der Waals surface area contributed by atoms with Gasteiger partial charge in [-0.1, -0.05) is 12.8 Å². The molecule has 6 heteroatoms. The van der Waals surface area contributed by atoms with E-state index in [9.17, 15) is 9.59 Å². The van der Waals surface area contributed by atoms with Crippen LogP contribution in [-0.2, 0) is 4.79 Å². The Morgan fingerprint density at radius 3 is 2.42 bits per heavy atom. The van der Waals surface area contributed by atoms with Crippen LogP contribution in [0.4, 0.5) is 5.69 Å². The number of thiophene rings is 1. The molecule has 1 aromatic carbocycles. The fourth-order valence-electron chi connectivity index (χ4n) is 3.21. The summed E-state index contributed by atoms with van der Waals surface area (Å²) in [6.45, 7) is 1.98. The third kappa shape index (κ3) is 4.43. The summed E-state index contributed by atoms with van der Waals surface area (Å²) in [6, 6.07) is 11.2. The van der Waals surface area contributed by atoms with Crippen LogP contribution >= 0.6 is 11.3 Å². The molecule has 3 rings (SSSR count).